The summed E-state index contributed by atoms with van der Waals surface area (Å²) in [4.78, 5) is 35.8. The molecule has 0 bridgehead atoms. The number of ether oxygens (including phenoxy) is 2. The van der Waals surface area contributed by atoms with Gasteiger partial charge < -0.3 is 15.2 Å². The van der Waals surface area contributed by atoms with Crippen LogP contribution in [0.5, 0.6) is 0 Å². The lowest BCUT2D eigenvalue weighted by Crippen LogP contribution is -2.68. The maximum atomic E-state index is 12.4. The number of carbonyl (C=O) groups excluding carboxylic acids is 2. The molecule has 2 aliphatic rings. The van der Waals surface area contributed by atoms with Crippen molar-refractivity contribution in [3.8, 4) is 0 Å². The Kier molecular flexibility index (Phi) is 4.64. The monoisotopic (exact) mass is 365 g/mol. The fourth-order valence-corrected chi connectivity index (χ4v) is 3.82. The molecule has 0 radical (unpaired) electrons. The molecule has 0 aliphatic carbocycles. The number of fused-ring (bicyclic) bond motifs is 1. The first-order valence-corrected chi connectivity index (χ1v) is 8.36. The molecule has 1 saturated heterocycles. The maximum Gasteiger partial charge on any atom is 0.358 e. The minimum atomic E-state index is -0.694. The molecule has 0 saturated carbocycles. The van der Waals surface area contributed by atoms with Crippen molar-refractivity contribution >= 4 is 29.3 Å². The van der Waals surface area contributed by atoms with Gasteiger partial charge in [0.15, 0.2) is 5.70 Å². The summed E-state index contributed by atoms with van der Waals surface area (Å²) in [5.41, 5.74) is 6.36. The molecule has 1 aromatic carbocycles. The molecule has 2 heterocycles. The molecule has 1 unspecified atom stereocenters. The molecule has 2 aliphatic heterocycles. The standard InChI is InChI=1S/C15H15N3O6S/c1-23-10-7-25-14-11(16)13(19)17(14)12(10)15(20)24-6-8-2-4-9(5-3-8)18(21)22/h2-5,11,14H,6-7,16H2,1H3/t11?,14-/m1/s1. The van der Waals surface area contributed by atoms with E-state index in [0.29, 0.717) is 17.1 Å². The number of β-lactam (4-membered cyclic amide) rings is 1. The highest BCUT2D eigenvalue weighted by molar-refractivity contribution is 8.00. The highest BCUT2D eigenvalue weighted by Crippen LogP contribution is 2.39. The van der Waals surface area contributed by atoms with E-state index in [2.05, 4.69) is 0 Å². The van der Waals surface area contributed by atoms with Crippen LogP contribution in [-0.4, -0.2) is 46.0 Å². The number of carbonyl (C=O) groups is 2. The fraction of sp³-hybridized carbons (Fsp3) is 0.333. The fourth-order valence-electron chi connectivity index (χ4n) is 2.56. The van der Waals surface area contributed by atoms with Crippen LogP contribution >= 0.6 is 11.8 Å². The summed E-state index contributed by atoms with van der Waals surface area (Å²) < 4.78 is 10.4. The van der Waals surface area contributed by atoms with Gasteiger partial charge in [-0.25, -0.2) is 4.79 Å². The topological polar surface area (TPSA) is 125 Å². The Bertz CT molecular complexity index is 763. The number of thioether (sulfide) groups is 1. The largest absolute Gasteiger partial charge is 0.498 e. The van der Waals surface area contributed by atoms with Gasteiger partial charge in [0.2, 0.25) is 5.91 Å². The van der Waals surface area contributed by atoms with E-state index in [1.165, 1.54) is 48.0 Å². The number of nitro benzene ring substituents is 1. The molecule has 0 spiro atoms. The Morgan fingerprint density at radius 1 is 1.44 bits per heavy atom. The number of methoxy groups -OCH3 is 1. The molecular formula is C15H15N3O6S. The van der Waals surface area contributed by atoms with Crippen molar-refractivity contribution in [1.29, 1.82) is 0 Å². The van der Waals surface area contributed by atoms with E-state index >= 15 is 0 Å². The molecule has 2 N–H and O–H groups in total. The lowest BCUT2D eigenvalue weighted by molar-refractivity contribution is -0.384. The number of hydrogen-bond donors (Lipinski definition) is 1. The third kappa shape index (κ3) is 3.05. The molecule has 9 nitrogen and oxygen atoms in total. The van der Waals surface area contributed by atoms with Crippen molar-refractivity contribution in [2.45, 2.75) is 18.0 Å². The van der Waals surface area contributed by atoms with Gasteiger partial charge in [-0.1, -0.05) is 0 Å². The Morgan fingerprint density at radius 2 is 2.12 bits per heavy atom. The van der Waals surface area contributed by atoms with Crippen LogP contribution in [0, 0.1) is 10.1 Å². The summed E-state index contributed by atoms with van der Waals surface area (Å²) >= 11 is 1.42. The lowest BCUT2D eigenvalue weighted by Gasteiger charge is -2.47. The predicted molar refractivity (Wildman–Crippen MR) is 88.0 cm³/mol. The molecule has 1 aromatic rings. The number of nitro groups is 1. The quantitative estimate of drug-likeness (QED) is 0.350. The van der Waals surface area contributed by atoms with Crippen molar-refractivity contribution in [3.63, 3.8) is 0 Å². The van der Waals surface area contributed by atoms with Gasteiger partial charge in [-0.2, -0.15) is 0 Å². The molecule has 3 rings (SSSR count). The number of rotatable bonds is 5. The second kappa shape index (κ2) is 6.73. The van der Waals surface area contributed by atoms with E-state index < -0.39 is 16.9 Å². The van der Waals surface area contributed by atoms with Crippen molar-refractivity contribution in [3.05, 3.63) is 51.4 Å². The molecule has 2 atom stereocenters. The number of amides is 1. The van der Waals surface area contributed by atoms with Crippen LogP contribution in [0.1, 0.15) is 5.56 Å². The van der Waals surface area contributed by atoms with Gasteiger partial charge in [0.1, 0.15) is 23.8 Å². The van der Waals surface area contributed by atoms with Crippen LogP contribution in [0.15, 0.2) is 35.7 Å². The molecular weight excluding hydrogens is 350 g/mol. The molecule has 1 fully saturated rings. The third-order valence-corrected chi connectivity index (χ3v) is 5.21. The van der Waals surface area contributed by atoms with E-state index in [1.807, 2.05) is 0 Å². The van der Waals surface area contributed by atoms with Crippen molar-refractivity contribution in [2.75, 3.05) is 12.9 Å². The van der Waals surface area contributed by atoms with E-state index in [0.717, 1.165) is 0 Å². The van der Waals surface area contributed by atoms with Crippen LogP contribution in [0.4, 0.5) is 5.69 Å². The lowest BCUT2D eigenvalue weighted by atomic mass is 10.1. The summed E-state index contributed by atoms with van der Waals surface area (Å²) in [6, 6.07) is 5.02. The van der Waals surface area contributed by atoms with Gasteiger partial charge in [-0.15, -0.1) is 11.8 Å². The van der Waals surface area contributed by atoms with Gasteiger partial charge in [0.25, 0.3) is 5.69 Å². The number of esters is 1. The molecule has 1 amide bonds. The molecule has 25 heavy (non-hydrogen) atoms. The van der Waals surface area contributed by atoms with Crippen LogP contribution in [0.2, 0.25) is 0 Å². The highest BCUT2D eigenvalue weighted by Gasteiger charge is 2.52. The predicted octanol–water partition coefficient (Wildman–Crippen LogP) is 0.738. The van der Waals surface area contributed by atoms with Crippen molar-refractivity contribution in [2.24, 2.45) is 5.73 Å². The number of non-ortho nitro benzene ring substituents is 1. The van der Waals surface area contributed by atoms with Gasteiger partial charge in [0, 0.05) is 12.1 Å². The van der Waals surface area contributed by atoms with Gasteiger partial charge in [0.05, 0.1) is 17.8 Å². The smallest absolute Gasteiger partial charge is 0.358 e. The van der Waals surface area contributed by atoms with Gasteiger partial charge in [-0.3, -0.25) is 19.8 Å². The molecule has 0 aromatic heterocycles. The summed E-state index contributed by atoms with van der Waals surface area (Å²) in [6.45, 7) is -0.0801. The summed E-state index contributed by atoms with van der Waals surface area (Å²) in [6.07, 6.45) is 0. The number of benzene rings is 1. The van der Waals surface area contributed by atoms with Gasteiger partial charge >= 0.3 is 5.97 Å². The van der Waals surface area contributed by atoms with E-state index in [9.17, 15) is 19.7 Å². The first-order valence-electron chi connectivity index (χ1n) is 7.32. The summed E-state index contributed by atoms with van der Waals surface area (Å²) in [5, 5.41) is 10.3. The zero-order valence-corrected chi connectivity index (χ0v) is 14.0. The second-order valence-corrected chi connectivity index (χ2v) is 6.52. The van der Waals surface area contributed by atoms with Crippen molar-refractivity contribution in [1.82, 2.24) is 4.90 Å². The van der Waals surface area contributed by atoms with Crippen LogP contribution in [0.25, 0.3) is 0 Å². The van der Waals surface area contributed by atoms with Crippen LogP contribution < -0.4 is 5.73 Å². The number of nitrogens with two attached hydrogens (primary N) is 1. The summed E-state index contributed by atoms with van der Waals surface area (Å²) in [7, 11) is 1.42. The zero-order chi connectivity index (χ0) is 18.1. The Balaban J connectivity index is 1.72. The first-order chi connectivity index (χ1) is 11.9. The zero-order valence-electron chi connectivity index (χ0n) is 13.2. The van der Waals surface area contributed by atoms with Crippen LogP contribution in [-0.2, 0) is 25.7 Å². The van der Waals surface area contributed by atoms with E-state index in [-0.39, 0.29) is 29.3 Å². The SMILES string of the molecule is COC1=C(C(=O)OCc2ccc([N+](=O)[O-])cc2)N2C(=O)C(N)[C@H]2SC1. The molecule has 10 heteroatoms. The summed E-state index contributed by atoms with van der Waals surface area (Å²) in [5.74, 6) is -0.273. The average molecular weight is 365 g/mol. The van der Waals surface area contributed by atoms with E-state index in [4.69, 9.17) is 15.2 Å². The van der Waals surface area contributed by atoms with Crippen molar-refractivity contribution < 1.29 is 24.0 Å². The first kappa shape index (κ1) is 17.2. The van der Waals surface area contributed by atoms with Crippen LogP contribution in [0.3, 0.4) is 0 Å². The highest BCUT2D eigenvalue weighted by atomic mass is 32.2. The Hall–Kier alpha value is -2.59. The Labute approximate surface area is 146 Å². The minimum absolute atomic E-state index is 0.0493. The van der Waals surface area contributed by atoms with Gasteiger partial charge in [-0.05, 0) is 17.7 Å². The Morgan fingerprint density at radius 3 is 2.72 bits per heavy atom. The normalized spacial score (nSPS) is 22.2. The minimum Gasteiger partial charge on any atom is -0.498 e. The third-order valence-electron chi connectivity index (χ3n) is 3.93. The molecule has 132 valence electrons. The second-order valence-electron chi connectivity index (χ2n) is 5.41. The number of hydrogen-bond acceptors (Lipinski definition) is 8. The number of nitrogens with zero attached hydrogens (tertiary/aromatic N) is 2. The maximum absolute atomic E-state index is 12.4. The average Bonchev–Trinajstić information content (AvgIpc) is 2.64. The van der Waals surface area contributed by atoms with E-state index in [1.54, 1.807) is 0 Å².